The SMILES string of the molecule is Cc1ccc(CN(CCO)C(=O)CCS)o1. The molecular weight excluding hydrogens is 226 g/mol. The fourth-order valence-corrected chi connectivity index (χ4v) is 1.62. The summed E-state index contributed by atoms with van der Waals surface area (Å²) < 4.78 is 5.39. The van der Waals surface area contributed by atoms with Crippen molar-refractivity contribution < 1.29 is 14.3 Å². The maximum atomic E-state index is 11.7. The number of carbonyl (C=O) groups is 1. The summed E-state index contributed by atoms with van der Waals surface area (Å²) in [6, 6.07) is 3.70. The van der Waals surface area contributed by atoms with Gasteiger partial charge in [-0.25, -0.2) is 0 Å². The van der Waals surface area contributed by atoms with E-state index in [0.29, 0.717) is 25.3 Å². The number of rotatable bonds is 6. The molecule has 0 atom stereocenters. The summed E-state index contributed by atoms with van der Waals surface area (Å²) in [5.74, 6) is 2.05. The predicted molar refractivity (Wildman–Crippen MR) is 64.4 cm³/mol. The lowest BCUT2D eigenvalue weighted by Gasteiger charge is -2.20. The second kappa shape index (κ2) is 6.60. The molecule has 0 bridgehead atoms. The van der Waals surface area contributed by atoms with Crippen LogP contribution in [0.5, 0.6) is 0 Å². The summed E-state index contributed by atoms with van der Waals surface area (Å²) in [4.78, 5) is 13.2. The lowest BCUT2D eigenvalue weighted by atomic mass is 10.3. The van der Waals surface area contributed by atoms with Crippen molar-refractivity contribution in [3.63, 3.8) is 0 Å². The minimum Gasteiger partial charge on any atom is -0.464 e. The lowest BCUT2D eigenvalue weighted by molar-refractivity contribution is -0.132. The smallest absolute Gasteiger partial charge is 0.223 e. The van der Waals surface area contributed by atoms with Crippen molar-refractivity contribution in [3.8, 4) is 0 Å². The number of nitrogens with zero attached hydrogens (tertiary/aromatic N) is 1. The van der Waals surface area contributed by atoms with E-state index in [9.17, 15) is 4.79 Å². The zero-order chi connectivity index (χ0) is 12.0. The van der Waals surface area contributed by atoms with E-state index in [0.717, 1.165) is 11.5 Å². The number of carbonyl (C=O) groups excluding carboxylic acids is 1. The molecule has 0 spiro atoms. The Bertz CT molecular complexity index is 338. The molecule has 1 aromatic rings. The molecule has 1 N–H and O–H groups in total. The molecule has 0 aliphatic heterocycles. The van der Waals surface area contributed by atoms with E-state index in [1.807, 2.05) is 19.1 Å². The number of amides is 1. The third kappa shape index (κ3) is 3.90. The standard InChI is InChI=1S/C11H17NO3S/c1-9-2-3-10(15-9)8-12(5-6-13)11(14)4-7-16/h2-3,13,16H,4-8H2,1H3. The molecule has 0 unspecified atom stereocenters. The highest BCUT2D eigenvalue weighted by Crippen LogP contribution is 2.10. The van der Waals surface area contributed by atoms with Crippen molar-refractivity contribution >= 4 is 18.5 Å². The number of aliphatic hydroxyl groups excluding tert-OH is 1. The number of aryl methyl sites for hydroxylation is 1. The fraction of sp³-hybridized carbons (Fsp3) is 0.545. The minimum atomic E-state index is -0.0436. The Morgan fingerprint density at radius 3 is 2.81 bits per heavy atom. The molecule has 0 aliphatic rings. The van der Waals surface area contributed by atoms with E-state index >= 15 is 0 Å². The van der Waals surface area contributed by atoms with Crippen LogP contribution in [0, 0.1) is 6.92 Å². The molecule has 1 aromatic heterocycles. The summed E-state index contributed by atoms with van der Waals surface area (Å²) in [6.45, 7) is 2.54. The van der Waals surface area contributed by atoms with Gasteiger partial charge in [0.15, 0.2) is 0 Å². The van der Waals surface area contributed by atoms with Crippen LogP contribution in [-0.2, 0) is 11.3 Å². The van der Waals surface area contributed by atoms with Gasteiger partial charge in [0.2, 0.25) is 5.91 Å². The molecule has 1 heterocycles. The zero-order valence-corrected chi connectivity index (χ0v) is 10.2. The first-order chi connectivity index (χ1) is 7.67. The molecule has 0 aliphatic carbocycles. The highest BCUT2D eigenvalue weighted by molar-refractivity contribution is 7.80. The number of thiol groups is 1. The van der Waals surface area contributed by atoms with Crippen molar-refractivity contribution in [2.24, 2.45) is 0 Å². The summed E-state index contributed by atoms with van der Waals surface area (Å²) >= 11 is 4.02. The molecule has 0 saturated carbocycles. The largest absolute Gasteiger partial charge is 0.464 e. The fourth-order valence-electron chi connectivity index (χ4n) is 1.42. The van der Waals surface area contributed by atoms with Crippen LogP contribution in [0.1, 0.15) is 17.9 Å². The lowest BCUT2D eigenvalue weighted by Crippen LogP contribution is -2.33. The Morgan fingerprint density at radius 2 is 2.31 bits per heavy atom. The number of furan rings is 1. The summed E-state index contributed by atoms with van der Waals surface area (Å²) in [5, 5.41) is 8.89. The van der Waals surface area contributed by atoms with E-state index in [-0.39, 0.29) is 12.5 Å². The molecular formula is C11H17NO3S. The van der Waals surface area contributed by atoms with Crippen LogP contribution >= 0.6 is 12.6 Å². The van der Waals surface area contributed by atoms with Crippen LogP contribution < -0.4 is 0 Å². The van der Waals surface area contributed by atoms with Crippen molar-refractivity contribution in [1.82, 2.24) is 4.90 Å². The maximum absolute atomic E-state index is 11.7. The van der Waals surface area contributed by atoms with Crippen LogP contribution in [0.15, 0.2) is 16.5 Å². The first-order valence-corrected chi connectivity index (χ1v) is 5.85. The number of hydrogen-bond donors (Lipinski definition) is 2. The predicted octanol–water partition coefficient (Wildman–Crippen LogP) is 1.23. The van der Waals surface area contributed by atoms with Gasteiger partial charge in [-0.3, -0.25) is 4.79 Å². The highest BCUT2D eigenvalue weighted by atomic mass is 32.1. The van der Waals surface area contributed by atoms with Crippen molar-refractivity contribution in [2.45, 2.75) is 19.9 Å². The van der Waals surface area contributed by atoms with E-state index in [4.69, 9.17) is 9.52 Å². The van der Waals surface area contributed by atoms with Gasteiger partial charge in [0.25, 0.3) is 0 Å². The first-order valence-electron chi connectivity index (χ1n) is 5.22. The Balaban J connectivity index is 2.60. The van der Waals surface area contributed by atoms with Gasteiger partial charge in [0, 0.05) is 13.0 Å². The van der Waals surface area contributed by atoms with Gasteiger partial charge in [-0.05, 0) is 24.8 Å². The Morgan fingerprint density at radius 1 is 1.56 bits per heavy atom. The van der Waals surface area contributed by atoms with Crippen molar-refractivity contribution in [1.29, 1.82) is 0 Å². The van der Waals surface area contributed by atoms with Gasteiger partial charge in [0.05, 0.1) is 13.2 Å². The number of hydrogen-bond acceptors (Lipinski definition) is 4. The van der Waals surface area contributed by atoms with Crippen LogP contribution in [-0.4, -0.2) is 34.8 Å². The average Bonchev–Trinajstić information content (AvgIpc) is 2.64. The Kier molecular flexibility index (Phi) is 5.42. The van der Waals surface area contributed by atoms with Crippen molar-refractivity contribution in [3.05, 3.63) is 23.7 Å². The molecule has 0 fully saturated rings. The quantitative estimate of drug-likeness (QED) is 0.739. The van der Waals surface area contributed by atoms with Gasteiger partial charge in [-0.2, -0.15) is 12.6 Å². The van der Waals surface area contributed by atoms with Crippen LogP contribution in [0.3, 0.4) is 0 Å². The first kappa shape index (κ1) is 13.1. The second-order valence-corrected chi connectivity index (χ2v) is 3.97. The Labute approximate surface area is 101 Å². The zero-order valence-electron chi connectivity index (χ0n) is 9.35. The van der Waals surface area contributed by atoms with Gasteiger partial charge in [0.1, 0.15) is 11.5 Å². The molecule has 1 amide bonds. The normalized spacial score (nSPS) is 10.4. The molecule has 0 saturated heterocycles. The van der Waals surface area contributed by atoms with Crippen molar-refractivity contribution in [2.75, 3.05) is 18.9 Å². The van der Waals surface area contributed by atoms with Crippen LogP contribution in [0.4, 0.5) is 0 Å². The topological polar surface area (TPSA) is 53.7 Å². The summed E-state index contributed by atoms with van der Waals surface area (Å²) in [6.07, 6.45) is 0.378. The Hall–Kier alpha value is -0.940. The van der Waals surface area contributed by atoms with Gasteiger partial charge in [-0.15, -0.1) is 0 Å². The van der Waals surface area contributed by atoms with E-state index < -0.39 is 0 Å². The molecule has 4 nitrogen and oxygen atoms in total. The molecule has 90 valence electrons. The summed E-state index contributed by atoms with van der Waals surface area (Å²) in [7, 11) is 0. The third-order valence-electron chi connectivity index (χ3n) is 2.19. The van der Waals surface area contributed by atoms with Gasteiger partial charge in [-0.1, -0.05) is 0 Å². The maximum Gasteiger partial charge on any atom is 0.223 e. The van der Waals surface area contributed by atoms with E-state index in [2.05, 4.69) is 12.6 Å². The minimum absolute atomic E-state index is 0.0156. The molecule has 5 heteroatoms. The molecule has 0 radical (unpaired) electrons. The summed E-state index contributed by atoms with van der Waals surface area (Å²) in [5.41, 5.74) is 0. The third-order valence-corrected chi connectivity index (χ3v) is 2.41. The van der Waals surface area contributed by atoms with Gasteiger partial charge >= 0.3 is 0 Å². The second-order valence-electron chi connectivity index (χ2n) is 3.52. The van der Waals surface area contributed by atoms with Crippen LogP contribution in [0.2, 0.25) is 0 Å². The van der Waals surface area contributed by atoms with Gasteiger partial charge < -0.3 is 14.4 Å². The van der Waals surface area contributed by atoms with Crippen LogP contribution in [0.25, 0.3) is 0 Å². The number of aliphatic hydroxyl groups is 1. The van der Waals surface area contributed by atoms with E-state index in [1.54, 1.807) is 4.90 Å². The highest BCUT2D eigenvalue weighted by Gasteiger charge is 2.14. The monoisotopic (exact) mass is 243 g/mol. The molecule has 1 rings (SSSR count). The van der Waals surface area contributed by atoms with E-state index in [1.165, 1.54) is 0 Å². The molecule has 16 heavy (non-hydrogen) atoms. The average molecular weight is 243 g/mol. The molecule has 0 aromatic carbocycles.